The molecule has 19 heavy (non-hydrogen) atoms. The number of rotatable bonds is 3. The van der Waals surface area contributed by atoms with Crippen LogP contribution in [0.1, 0.15) is 25.8 Å². The van der Waals surface area contributed by atoms with E-state index < -0.39 is 0 Å². The Morgan fingerprint density at radius 2 is 2.21 bits per heavy atom. The minimum Gasteiger partial charge on any atom is -0.494 e. The smallest absolute Gasteiger partial charge is 0.326 e. The van der Waals surface area contributed by atoms with Crippen molar-refractivity contribution >= 4 is 11.0 Å². The number of fused-ring (bicyclic) bond motifs is 1. The van der Waals surface area contributed by atoms with Crippen LogP contribution < -0.4 is 10.4 Å². The number of hydrogen-bond acceptors (Lipinski definition) is 3. The highest BCUT2D eigenvalue weighted by molar-refractivity contribution is 5.77. The van der Waals surface area contributed by atoms with Gasteiger partial charge in [-0.3, -0.25) is 4.57 Å². The molecule has 0 aliphatic carbocycles. The van der Waals surface area contributed by atoms with Gasteiger partial charge in [-0.1, -0.05) is 0 Å². The zero-order valence-corrected chi connectivity index (χ0v) is 11.0. The molecule has 2 aromatic rings. The zero-order chi connectivity index (χ0) is 13.2. The van der Waals surface area contributed by atoms with Crippen molar-refractivity contribution in [1.82, 2.24) is 9.55 Å². The van der Waals surface area contributed by atoms with Crippen molar-refractivity contribution in [3.05, 3.63) is 28.7 Å². The fourth-order valence-electron chi connectivity index (χ4n) is 2.66. The quantitative estimate of drug-likeness (QED) is 0.921. The Hall–Kier alpha value is -1.75. The van der Waals surface area contributed by atoms with Crippen LogP contribution in [-0.2, 0) is 4.74 Å². The molecule has 0 radical (unpaired) electrons. The van der Waals surface area contributed by atoms with Gasteiger partial charge in [0.15, 0.2) is 0 Å². The van der Waals surface area contributed by atoms with E-state index in [1.54, 1.807) is 0 Å². The molecule has 102 valence electrons. The lowest BCUT2D eigenvalue weighted by Crippen LogP contribution is -2.27. The highest BCUT2D eigenvalue weighted by atomic mass is 16.5. The highest BCUT2D eigenvalue weighted by Crippen LogP contribution is 2.25. The summed E-state index contributed by atoms with van der Waals surface area (Å²) in [5, 5.41) is 0. The molecule has 0 unspecified atom stereocenters. The van der Waals surface area contributed by atoms with Gasteiger partial charge in [0.1, 0.15) is 5.75 Å². The van der Waals surface area contributed by atoms with Crippen molar-refractivity contribution in [3.8, 4) is 5.75 Å². The van der Waals surface area contributed by atoms with Crippen LogP contribution in [0.4, 0.5) is 0 Å². The van der Waals surface area contributed by atoms with Crippen LogP contribution in [0, 0.1) is 0 Å². The van der Waals surface area contributed by atoms with E-state index in [2.05, 4.69) is 4.98 Å². The largest absolute Gasteiger partial charge is 0.494 e. The third-order valence-corrected chi connectivity index (χ3v) is 3.56. The number of nitrogens with zero attached hydrogens (tertiary/aromatic N) is 1. The number of nitrogens with one attached hydrogen (secondary N) is 1. The molecular weight excluding hydrogens is 244 g/mol. The van der Waals surface area contributed by atoms with Crippen LogP contribution in [0.3, 0.4) is 0 Å². The lowest BCUT2D eigenvalue weighted by atomic mass is 10.1. The minimum absolute atomic E-state index is 0.0458. The van der Waals surface area contributed by atoms with Gasteiger partial charge in [-0.05, 0) is 31.9 Å². The van der Waals surface area contributed by atoms with Gasteiger partial charge in [-0.2, -0.15) is 0 Å². The second kappa shape index (κ2) is 5.09. The molecule has 0 saturated carbocycles. The summed E-state index contributed by atoms with van der Waals surface area (Å²) in [6.07, 6.45) is 1.76. The molecule has 1 aromatic heterocycles. The van der Waals surface area contributed by atoms with E-state index in [4.69, 9.17) is 9.47 Å². The maximum atomic E-state index is 12.1. The third-order valence-electron chi connectivity index (χ3n) is 3.56. The van der Waals surface area contributed by atoms with Crippen molar-refractivity contribution in [1.29, 1.82) is 0 Å². The van der Waals surface area contributed by atoms with E-state index in [0.717, 1.165) is 42.8 Å². The van der Waals surface area contributed by atoms with E-state index >= 15 is 0 Å². The Labute approximate surface area is 111 Å². The predicted octanol–water partition coefficient (Wildman–Crippen LogP) is 2.08. The molecular formula is C14H18N2O3. The average molecular weight is 262 g/mol. The summed E-state index contributed by atoms with van der Waals surface area (Å²) < 4.78 is 12.7. The minimum atomic E-state index is -0.0458. The SMILES string of the molecule is CCOc1ccc2[nH]c(=O)n(C3CCOCC3)c2c1. The molecule has 0 atom stereocenters. The molecule has 3 rings (SSSR count). The first kappa shape index (κ1) is 12.3. The Bertz CT molecular complexity index is 623. The molecule has 0 amide bonds. The van der Waals surface area contributed by atoms with E-state index in [1.807, 2.05) is 29.7 Å². The van der Waals surface area contributed by atoms with Gasteiger partial charge < -0.3 is 14.5 Å². The number of ether oxygens (including phenoxy) is 2. The van der Waals surface area contributed by atoms with E-state index in [0.29, 0.717) is 6.61 Å². The van der Waals surface area contributed by atoms with Gasteiger partial charge in [-0.15, -0.1) is 0 Å². The van der Waals surface area contributed by atoms with E-state index in [-0.39, 0.29) is 11.7 Å². The zero-order valence-electron chi connectivity index (χ0n) is 11.0. The molecule has 1 aliphatic heterocycles. The average Bonchev–Trinajstić information content (AvgIpc) is 2.75. The molecule has 5 heteroatoms. The van der Waals surface area contributed by atoms with Gasteiger partial charge in [-0.25, -0.2) is 4.79 Å². The van der Waals surface area contributed by atoms with E-state index in [1.165, 1.54) is 0 Å². The summed E-state index contributed by atoms with van der Waals surface area (Å²) >= 11 is 0. The summed E-state index contributed by atoms with van der Waals surface area (Å²) in [6, 6.07) is 5.94. The first-order valence-electron chi connectivity index (χ1n) is 6.74. The van der Waals surface area contributed by atoms with Crippen LogP contribution in [0.2, 0.25) is 0 Å². The molecule has 1 aromatic carbocycles. The Balaban J connectivity index is 2.08. The molecule has 1 fully saturated rings. The van der Waals surface area contributed by atoms with Crippen LogP contribution in [0.15, 0.2) is 23.0 Å². The number of imidazole rings is 1. The number of hydrogen-bond donors (Lipinski definition) is 1. The second-order valence-electron chi connectivity index (χ2n) is 4.76. The molecule has 0 bridgehead atoms. The maximum Gasteiger partial charge on any atom is 0.326 e. The van der Waals surface area contributed by atoms with Crippen LogP contribution in [0.25, 0.3) is 11.0 Å². The third kappa shape index (κ3) is 2.26. The first-order valence-corrected chi connectivity index (χ1v) is 6.74. The van der Waals surface area contributed by atoms with Crippen molar-refractivity contribution in [2.45, 2.75) is 25.8 Å². The molecule has 5 nitrogen and oxygen atoms in total. The van der Waals surface area contributed by atoms with Gasteiger partial charge in [0.25, 0.3) is 0 Å². The molecule has 2 heterocycles. The van der Waals surface area contributed by atoms with Gasteiger partial charge in [0.05, 0.1) is 17.6 Å². The number of benzene rings is 1. The van der Waals surface area contributed by atoms with Gasteiger partial charge in [0.2, 0.25) is 0 Å². The summed E-state index contributed by atoms with van der Waals surface area (Å²) in [5.41, 5.74) is 1.73. The van der Waals surface area contributed by atoms with Gasteiger partial charge in [0, 0.05) is 25.3 Å². The first-order chi connectivity index (χ1) is 9.29. The van der Waals surface area contributed by atoms with Crippen LogP contribution in [-0.4, -0.2) is 29.4 Å². The Morgan fingerprint density at radius 3 is 2.95 bits per heavy atom. The van der Waals surface area contributed by atoms with Crippen LogP contribution >= 0.6 is 0 Å². The fourth-order valence-corrected chi connectivity index (χ4v) is 2.66. The number of aromatic nitrogens is 2. The monoisotopic (exact) mass is 262 g/mol. The van der Waals surface area contributed by atoms with Gasteiger partial charge >= 0.3 is 5.69 Å². The topological polar surface area (TPSA) is 56.2 Å². The molecule has 1 saturated heterocycles. The van der Waals surface area contributed by atoms with Crippen molar-refractivity contribution in [3.63, 3.8) is 0 Å². The maximum absolute atomic E-state index is 12.1. The lowest BCUT2D eigenvalue weighted by Gasteiger charge is -2.23. The Kier molecular flexibility index (Phi) is 3.29. The van der Waals surface area contributed by atoms with Crippen molar-refractivity contribution < 1.29 is 9.47 Å². The lowest BCUT2D eigenvalue weighted by molar-refractivity contribution is 0.0698. The van der Waals surface area contributed by atoms with Crippen LogP contribution in [0.5, 0.6) is 5.75 Å². The number of aromatic amines is 1. The van der Waals surface area contributed by atoms with Crippen molar-refractivity contribution in [2.24, 2.45) is 0 Å². The highest BCUT2D eigenvalue weighted by Gasteiger charge is 2.20. The normalized spacial score (nSPS) is 16.9. The molecule has 1 N–H and O–H groups in total. The van der Waals surface area contributed by atoms with E-state index in [9.17, 15) is 4.79 Å². The standard InChI is InChI=1S/C14H18N2O3/c1-2-19-11-3-4-12-13(9-11)16(14(17)15-12)10-5-7-18-8-6-10/h3-4,9-10H,2,5-8H2,1H3,(H,15,17). The Morgan fingerprint density at radius 1 is 1.42 bits per heavy atom. The molecule has 0 spiro atoms. The second-order valence-corrected chi connectivity index (χ2v) is 4.76. The summed E-state index contributed by atoms with van der Waals surface area (Å²) in [5.74, 6) is 0.801. The summed E-state index contributed by atoms with van der Waals surface area (Å²) in [6.45, 7) is 4.01. The fraction of sp³-hybridized carbons (Fsp3) is 0.500. The molecule has 1 aliphatic rings. The summed E-state index contributed by atoms with van der Waals surface area (Å²) in [7, 11) is 0. The van der Waals surface area contributed by atoms with Crippen molar-refractivity contribution in [2.75, 3.05) is 19.8 Å². The predicted molar refractivity (Wildman–Crippen MR) is 72.8 cm³/mol. The number of H-pyrrole nitrogens is 1. The summed E-state index contributed by atoms with van der Waals surface area (Å²) in [4.78, 5) is 15.0.